The first-order valence-corrected chi connectivity index (χ1v) is 12.9. The van der Waals surface area contributed by atoms with Gasteiger partial charge in [0, 0.05) is 25.2 Å². The van der Waals surface area contributed by atoms with Crippen molar-refractivity contribution in [1.82, 2.24) is 10.2 Å². The Balaban J connectivity index is 1.80. The number of sulfonamides is 1. The number of amides is 1. The van der Waals surface area contributed by atoms with Crippen molar-refractivity contribution in [3.63, 3.8) is 0 Å². The fraction of sp³-hybridized carbons (Fsp3) is 0.435. The number of benzene rings is 2. The molecule has 1 atom stereocenters. The number of hydrogen-bond donors (Lipinski definition) is 1. The Labute approximate surface area is 194 Å². The van der Waals surface area contributed by atoms with E-state index in [1.807, 2.05) is 24.3 Å². The number of carbonyl (C=O) groups is 1. The van der Waals surface area contributed by atoms with E-state index in [4.69, 9.17) is 0 Å². The summed E-state index contributed by atoms with van der Waals surface area (Å²) in [7, 11) is -3.88. The van der Waals surface area contributed by atoms with Crippen molar-refractivity contribution >= 4 is 27.3 Å². The number of nitrogens with one attached hydrogen (secondary N) is 1. The molecule has 0 radical (unpaired) electrons. The fourth-order valence-electron chi connectivity index (χ4n) is 4.17. The summed E-state index contributed by atoms with van der Waals surface area (Å²) < 4.78 is 26.2. The third-order valence-corrected chi connectivity index (χ3v) is 6.97. The summed E-state index contributed by atoms with van der Waals surface area (Å²) in [4.78, 5) is 26.1. The topological polar surface area (TPSA) is 113 Å². The van der Waals surface area contributed by atoms with Crippen LogP contribution >= 0.6 is 0 Å². The van der Waals surface area contributed by atoms with E-state index in [1.54, 1.807) is 6.92 Å². The van der Waals surface area contributed by atoms with Crippen molar-refractivity contribution in [1.29, 1.82) is 0 Å². The average Bonchev–Trinajstić information content (AvgIpc) is 3.29. The number of carbonyl (C=O) groups excluding carboxylic acids is 1. The summed E-state index contributed by atoms with van der Waals surface area (Å²) in [6.07, 6.45) is 3.58. The molecular weight excluding hydrogens is 444 g/mol. The highest BCUT2D eigenvalue weighted by molar-refractivity contribution is 7.92. The molecule has 0 aromatic heterocycles. The van der Waals surface area contributed by atoms with Crippen molar-refractivity contribution < 1.29 is 18.1 Å². The van der Waals surface area contributed by atoms with Gasteiger partial charge in [0.05, 0.1) is 16.9 Å². The Morgan fingerprint density at radius 2 is 1.82 bits per heavy atom. The molecule has 1 fully saturated rings. The van der Waals surface area contributed by atoms with E-state index >= 15 is 0 Å². The van der Waals surface area contributed by atoms with Crippen LogP contribution in [0.2, 0.25) is 0 Å². The van der Waals surface area contributed by atoms with Crippen LogP contribution in [-0.2, 0) is 27.9 Å². The van der Waals surface area contributed by atoms with Gasteiger partial charge in [-0.3, -0.25) is 24.1 Å². The Morgan fingerprint density at radius 1 is 1.15 bits per heavy atom. The zero-order chi connectivity index (χ0) is 24.0. The molecule has 1 N–H and O–H groups in total. The van der Waals surface area contributed by atoms with E-state index in [9.17, 15) is 23.3 Å². The van der Waals surface area contributed by atoms with Crippen LogP contribution in [0.1, 0.15) is 37.3 Å². The van der Waals surface area contributed by atoms with Gasteiger partial charge in [-0.15, -0.1) is 0 Å². The highest BCUT2D eigenvalue weighted by atomic mass is 32.2. The molecule has 2 aromatic rings. The normalized spacial score (nSPS) is 15.2. The first-order valence-electron chi connectivity index (χ1n) is 11.0. The quantitative estimate of drug-likeness (QED) is 0.418. The van der Waals surface area contributed by atoms with Gasteiger partial charge < -0.3 is 5.32 Å². The molecule has 10 heteroatoms. The summed E-state index contributed by atoms with van der Waals surface area (Å²) in [6.45, 7) is 4.91. The lowest BCUT2D eigenvalue weighted by molar-refractivity contribution is -0.384. The van der Waals surface area contributed by atoms with Gasteiger partial charge in [0.15, 0.2) is 0 Å². The average molecular weight is 475 g/mol. The lowest BCUT2D eigenvalue weighted by Gasteiger charge is -2.30. The molecule has 1 heterocycles. The molecule has 1 aliphatic heterocycles. The van der Waals surface area contributed by atoms with E-state index in [2.05, 4.69) is 10.2 Å². The third kappa shape index (κ3) is 6.29. The predicted molar refractivity (Wildman–Crippen MR) is 127 cm³/mol. The van der Waals surface area contributed by atoms with Gasteiger partial charge in [-0.25, -0.2) is 8.42 Å². The Bertz CT molecular complexity index is 1100. The zero-order valence-electron chi connectivity index (χ0n) is 18.9. The molecule has 2 aromatic carbocycles. The monoisotopic (exact) mass is 474 g/mol. The molecule has 1 amide bonds. The van der Waals surface area contributed by atoms with Gasteiger partial charge in [0.25, 0.3) is 5.69 Å². The maximum absolute atomic E-state index is 13.1. The van der Waals surface area contributed by atoms with Crippen LogP contribution in [0, 0.1) is 10.1 Å². The molecule has 9 nitrogen and oxygen atoms in total. The second-order valence-corrected chi connectivity index (χ2v) is 10.1. The van der Waals surface area contributed by atoms with Crippen molar-refractivity contribution in [3.05, 3.63) is 69.8 Å². The number of likely N-dealkylation sites (tertiary alicyclic amines) is 1. The molecule has 1 saturated heterocycles. The van der Waals surface area contributed by atoms with Crippen LogP contribution in [0.15, 0.2) is 48.5 Å². The lowest BCUT2D eigenvalue weighted by Crippen LogP contribution is -2.49. The van der Waals surface area contributed by atoms with Crippen LogP contribution in [-0.4, -0.2) is 49.5 Å². The number of anilines is 1. The third-order valence-electron chi connectivity index (χ3n) is 5.79. The SMILES string of the molecule is CC[C@@H](C(=O)NCc1ccccc1CN1CCCC1)N(c1cccc([N+](=O)[O-])c1)S(C)(=O)=O. The van der Waals surface area contributed by atoms with Crippen molar-refractivity contribution in [2.75, 3.05) is 23.7 Å². The van der Waals surface area contributed by atoms with Crippen LogP contribution in [0.4, 0.5) is 11.4 Å². The van der Waals surface area contributed by atoms with E-state index < -0.39 is 26.9 Å². The number of rotatable bonds is 10. The highest BCUT2D eigenvalue weighted by Crippen LogP contribution is 2.26. The van der Waals surface area contributed by atoms with Crippen molar-refractivity contribution in [3.8, 4) is 0 Å². The minimum atomic E-state index is -3.88. The van der Waals surface area contributed by atoms with Gasteiger partial charge in [-0.2, -0.15) is 0 Å². The second-order valence-electron chi connectivity index (χ2n) is 8.23. The van der Waals surface area contributed by atoms with Crippen LogP contribution in [0.5, 0.6) is 0 Å². The molecule has 178 valence electrons. The van der Waals surface area contributed by atoms with Gasteiger partial charge in [0.1, 0.15) is 6.04 Å². The number of hydrogen-bond acceptors (Lipinski definition) is 6. The number of nitrogens with zero attached hydrogens (tertiary/aromatic N) is 3. The zero-order valence-corrected chi connectivity index (χ0v) is 19.8. The number of nitro benzene ring substituents is 1. The van der Waals surface area contributed by atoms with Gasteiger partial charge >= 0.3 is 0 Å². The first kappa shape index (κ1) is 24.7. The molecule has 0 spiro atoms. The predicted octanol–water partition coefficient (Wildman–Crippen LogP) is 3.05. The number of non-ortho nitro benzene ring substituents is 1. The van der Waals surface area contributed by atoms with Crippen molar-refractivity contribution in [2.24, 2.45) is 0 Å². The Morgan fingerprint density at radius 3 is 2.42 bits per heavy atom. The molecule has 0 aliphatic carbocycles. The fourth-order valence-corrected chi connectivity index (χ4v) is 5.37. The maximum atomic E-state index is 13.1. The summed E-state index contributed by atoms with van der Waals surface area (Å²) >= 11 is 0. The minimum Gasteiger partial charge on any atom is -0.350 e. The van der Waals surface area contributed by atoms with E-state index in [0.29, 0.717) is 0 Å². The van der Waals surface area contributed by atoms with Crippen molar-refractivity contribution in [2.45, 2.75) is 45.3 Å². The largest absolute Gasteiger partial charge is 0.350 e. The molecule has 1 aliphatic rings. The molecule has 0 unspecified atom stereocenters. The van der Waals surface area contributed by atoms with E-state index in [0.717, 1.165) is 41.3 Å². The number of nitro groups is 1. The Hall–Kier alpha value is -2.98. The smallest absolute Gasteiger partial charge is 0.271 e. The van der Waals surface area contributed by atoms with Crippen LogP contribution < -0.4 is 9.62 Å². The van der Waals surface area contributed by atoms with Crippen LogP contribution in [0.3, 0.4) is 0 Å². The molecular formula is C23H30N4O5S. The van der Waals surface area contributed by atoms with E-state index in [-0.39, 0.29) is 24.3 Å². The summed E-state index contributed by atoms with van der Waals surface area (Å²) in [5, 5.41) is 14.0. The Kier molecular flexibility index (Phi) is 8.04. The first-order chi connectivity index (χ1) is 15.7. The molecule has 3 rings (SSSR count). The summed E-state index contributed by atoms with van der Waals surface area (Å²) in [6, 6.07) is 12.2. The van der Waals surface area contributed by atoms with Gasteiger partial charge in [-0.1, -0.05) is 37.3 Å². The van der Waals surface area contributed by atoms with Gasteiger partial charge in [0.2, 0.25) is 15.9 Å². The van der Waals surface area contributed by atoms with Gasteiger partial charge in [-0.05, 0) is 49.5 Å². The molecule has 0 saturated carbocycles. The standard InChI is InChI=1S/C23H30N4O5S/c1-3-22(26(33(2,31)32)20-11-8-12-21(15-20)27(29)30)23(28)24-16-18-9-4-5-10-19(18)17-25-13-6-7-14-25/h4-5,8-12,15,22H,3,6-7,13-14,16-17H2,1-2H3,(H,24,28)/t22-/m0/s1. The molecule has 33 heavy (non-hydrogen) atoms. The highest BCUT2D eigenvalue weighted by Gasteiger charge is 2.32. The maximum Gasteiger partial charge on any atom is 0.271 e. The molecule has 0 bridgehead atoms. The van der Waals surface area contributed by atoms with E-state index in [1.165, 1.54) is 37.1 Å². The summed E-state index contributed by atoms with van der Waals surface area (Å²) in [5.41, 5.74) is 1.95. The second kappa shape index (κ2) is 10.8. The van der Waals surface area contributed by atoms with Crippen LogP contribution in [0.25, 0.3) is 0 Å². The minimum absolute atomic E-state index is 0.0862. The summed E-state index contributed by atoms with van der Waals surface area (Å²) in [5.74, 6) is -0.453. The lowest BCUT2D eigenvalue weighted by atomic mass is 10.1.